The van der Waals surface area contributed by atoms with E-state index in [1.165, 1.54) is 24.1 Å². The first-order chi connectivity index (χ1) is 8.11. The fourth-order valence-corrected chi connectivity index (χ4v) is 1.97. The zero-order valence-corrected chi connectivity index (χ0v) is 11.7. The smallest absolute Gasteiger partial charge is 0.0419 e. The number of aromatic nitrogens is 1. The zero-order valence-electron chi connectivity index (χ0n) is 11.7. The number of pyridine rings is 1. The molecule has 0 aromatic carbocycles. The van der Waals surface area contributed by atoms with Gasteiger partial charge in [-0.2, -0.15) is 0 Å². The van der Waals surface area contributed by atoms with Crippen LogP contribution in [0.4, 0.5) is 0 Å². The first kappa shape index (κ1) is 14.2. The van der Waals surface area contributed by atoms with Crippen molar-refractivity contribution in [3.63, 3.8) is 0 Å². The molecule has 2 nitrogen and oxygen atoms in total. The molecular formula is C15H26N2. The lowest BCUT2D eigenvalue weighted by Crippen LogP contribution is -2.31. The van der Waals surface area contributed by atoms with Crippen LogP contribution in [0, 0.1) is 12.8 Å². The molecule has 1 aromatic heterocycles. The number of likely N-dealkylation sites (N-methyl/N-ethyl adjacent to an activating group) is 1. The van der Waals surface area contributed by atoms with E-state index in [1.54, 1.807) is 0 Å². The van der Waals surface area contributed by atoms with E-state index in [4.69, 9.17) is 0 Å². The van der Waals surface area contributed by atoms with Gasteiger partial charge in [0.25, 0.3) is 0 Å². The van der Waals surface area contributed by atoms with Crippen molar-refractivity contribution >= 4 is 0 Å². The van der Waals surface area contributed by atoms with E-state index in [2.05, 4.69) is 50.1 Å². The van der Waals surface area contributed by atoms with Crippen LogP contribution in [-0.4, -0.2) is 17.6 Å². The predicted octanol–water partition coefficient (Wildman–Crippen LogP) is 3.35. The normalized spacial score (nSPS) is 13.0. The van der Waals surface area contributed by atoms with Crippen molar-refractivity contribution in [1.29, 1.82) is 0 Å². The van der Waals surface area contributed by atoms with E-state index >= 15 is 0 Å². The average molecular weight is 234 g/mol. The minimum absolute atomic E-state index is 0.567. The Kier molecular flexibility index (Phi) is 6.20. The molecule has 1 heterocycles. The molecule has 0 radical (unpaired) electrons. The summed E-state index contributed by atoms with van der Waals surface area (Å²) in [5.41, 5.74) is 2.43. The summed E-state index contributed by atoms with van der Waals surface area (Å²) >= 11 is 0. The first-order valence-corrected chi connectivity index (χ1v) is 6.76. The Morgan fingerprint density at radius 1 is 1.24 bits per heavy atom. The second-order valence-electron chi connectivity index (χ2n) is 5.26. The molecule has 96 valence electrons. The molecule has 17 heavy (non-hydrogen) atoms. The molecule has 2 heteroatoms. The first-order valence-electron chi connectivity index (χ1n) is 6.76. The van der Waals surface area contributed by atoms with Crippen LogP contribution in [0.15, 0.2) is 18.3 Å². The Morgan fingerprint density at radius 2 is 2.00 bits per heavy atom. The minimum Gasteiger partial charge on any atom is -0.314 e. The van der Waals surface area contributed by atoms with E-state index in [9.17, 15) is 0 Å². The Balaban J connectivity index is 2.50. The zero-order chi connectivity index (χ0) is 12.7. The van der Waals surface area contributed by atoms with E-state index in [0.29, 0.717) is 6.04 Å². The second kappa shape index (κ2) is 7.44. The van der Waals surface area contributed by atoms with E-state index in [-0.39, 0.29) is 0 Å². The van der Waals surface area contributed by atoms with Crippen molar-refractivity contribution in [3.05, 3.63) is 29.6 Å². The van der Waals surface area contributed by atoms with Gasteiger partial charge in [0, 0.05) is 24.4 Å². The lowest BCUT2D eigenvalue weighted by atomic mass is 9.99. The van der Waals surface area contributed by atoms with Gasteiger partial charge in [0.05, 0.1) is 0 Å². The van der Waals surface area contributed by atoms with Crippen molar-refractivity contribution in [3.8, 4) is 0 Å². The third kappa shape index (κ3) is 5.83. The third-order valence-electron chi connectivity index (χ3n) is 3.01. The molecule has 1 N–H and O–H groups in total. The highest BCUT2D eigenvalue weighted by Crippen LogP contribution is 2.11. The fraction of sp³-hybridized carbons (Fsp3) is 0.667. The molecule has 1 unspecified atom stereocenters. The average Bonchev–Trinajstić information content (AvgIpc) is 2.29. The third-order valence-corrected chi connectivity index (χ3v) is 3.01. The summed E-state index contributed by atoms with van der Waals surface area (Å²) in [4.78, 5) is 4.49. The van der Waals surface area contributed by atoms with E-state index in [0.717, 1.165) is 18.9 Å². The standard InChI is InChI=1S/C15H26N2/c1-5-16-14(8-6-12(2)3)10-15-9-7-13(4)11-17-15/h7,9,11-12,14,16H,5-6,8,10H2,1-4H3. The lowest BCUT2D eigenvalue weighted by molar-refractivity contribution is 0.432. The summed E-state index contributed by atoms with van der Waals surface area (Å²) in [6, 6.07) is 4.86. The largest absolute Gasteiger partial charge is 0.314 e. The molecule has 0 spiro atoms. The maximum Gasteiger partial charge on any atom is 0.0419 e. The van der Waals surface area contributed by atoms with Gasteiger partial charge in [0.15, 0.2) is 0 Å². The topological polar surface area (TPSA) is 24.9 Å². The number of nitrogens with one attached hydrogen (secondary N) is 1. The van der Waals surface area contributed by atoms with Gasteiger partial charge < -0.3 is 5.32 Å². The van der Waals surface area contributed by atoms with Crippen LogP contribution in [0.5, 0.6) is 0 Å². The molecule has 0 saturated carbocycles. The molecule has 0 amide bonds. The van der Waals surface area contributed by atoms with Crippen molar-refractivity contribution in [1.82, 2.24) is 10.3 Å². The highest BCUT2D eigenvalue weighted by molar-refractivity contribution is 5.13. The summed E-state index contributed by atoms with van der Waals surface area (Å²) in [7, 11) is 0. The summed E-state index contributed by atoms with van der Waals surface area (Å²) in [5, 5.41) is 3.56. The van der Waals surface area contributed by atoms with Crippen molar-refractivity contribution in [2.45, 2.75) is 53.0 Å². The van der Waals surface area contributed by atoms with Gasteiger partial charge in [-0.25, -0.2) is 0 Å². The monoisotopic (exact) mass is 234 g/mol. The maximum absolute atomic E-state index is 4.49. The van der Waals surface area contributed by atoms with Crippen molar-refractivity contribution in [2.75, 3.05) is 6.54 Å². The molecule has 1 atom stereocenters. The van der Waals surface area contributed by atoms with Gasteiger partial charge in [-0.3, -0.25) is 4.98 Å². The molecule has 0 bridgehead atoms. The quantitative estimate of drug-likeness (QED) is 0.782. The molecular weight excluding hydrogens is 208 g/mol. The molecule has 0 fully saturated rings. The lowest BCUT2D eigenvalue weighted by Gasteiger charge is -2.18. The van der Waals surface area contributed by atoms with E-state index < -0.39 is 0 Å². The number of nitrogens with zero attached hydrogens (tertiary/aromatic N) is 1. The van der Waals surface area contributed by atoms with Crippen LogP contribution < -0.4 is 5.32 Å². The van der Waals surface area contributed by atoms with Crippen LogP contribution in [0.3, 0.4) is 0 Å². The summed E-state index contributed by atoms with van der Waals surface area (Å²) in [6.07, 6.45) is 5.52. The Bertz CT molecular complexity index is 303. The van der Waals surface area contributed by atoms with Crippen LogP contribution in [0.2, 0.25) is 0 Å². The summed E-state index contributed by atoms with van der Waals surface area (Å²) in [6.45, 7) is 9.86. The highest BCUT2D eigenvalue weighted by atomic mass is 14.9. The highest BCUT2D eigenvalue weighted by Gasteiger charge is 2.09. The van der Waals surface area contributed by atoms with Crippen LogP contribution in [0.25, 0.3) is 0 Å². The fourth-order valence-electron chi connectivity index (χ4n) is 1.97. The summed E-state index contributed by atoms with van der Waals surface area (Å²) < 4.78 is 0. The Hall–Kier alpha value is -0.890. The van der Waals surface area contributed by atoms with E-state index in [1.807, 2.05) is 6.20 Å². The van der Waals surface area contributed by atoms with Gasteiger partial charge in [-0.15, -0.1) is 0 Å². The molecule has 1 rings (SSSR count). The molecule has 0 saturated heterocycles. The van der Waals surface area contributed by atoms with Crippen molar-refractivity contribution in [2.24, 2.45) is 5.92 Å². The Morgan fingerprint density at radius 3 is 2.53 bits per heavy atom. The number of hydrogen-bond donors (Lipinski definition) is 1. The molecule has 1 aromatic rings. The predicted molar refractivity (Wildman–Crippen MR) is 74.2 cm³/mol. The number of hydrogen-bond acceptors (Lipinski definition) is 2. The van der Waals surface area contributed by atoms with Gasteiger partial charge in [0.1, 0.15) is 0 Å². The Labute approximate surface area is 106 Å². The molecule has 0 aliphatic carbocycles. The minimum atomic E-state index is 0.567. The van der Waals surface area contributed by atoms with Crippen molar-refractivity contribution < 1.29 is 0 Å². The van der Waals surface area contributed by atoms with Crippen LogP contribution >= 0.6 is 0 Å². The summed E-state index contributed by atoms with van der Waals surface area (Å²) in [5.74, 6) is 0.780. The number of rotatable bonds is 7. The second-order valence-corrected chi connectivity index (χ2v) is 5.26. The maximum atomic E-state index is 4.49. The van der Waals surface area contributed by atoms with Gasteiger partial charge in [-0.05, 0) is 43.9 Å². The van der Waals surface area contributed by atoms with Gasteiger partial charge in [0.2, 0.25) is 0 Å². The van der Waals surface area contributed by atoms with Crippen LogP contribution in [0.1, 0.15) is 44.9 Å². The number of aryl methyl sites for hydroxylation is 1. The van der Waals surface area contributed by atoms with Crippen LogP contribution in [-0.2, 0) is 6.42 Å². The molecule has 0 aliphatic rings. The molecule has 0 aliphatic heterocycles. The SMILES string of the molecule is CCNC(CCC(C)C)Cc1ccc(C)cn1. The van der Waals surface area contributed by atoms with Gasteiger partial charge in [-0.1, -0.05) is 26.8 Å². The van der Waals surface area contributed by atoms with Gasteiger partial charge >= 0.3 is 0 Å².